The summed E-state index contributed by atoms with van der Waals surface area (Å²) in [6, 6.07) is 0. The molecule has 3 rings (SSSR count). The molecule has 0 radical (unpaired) electrons. The first kappa shape index (κ1) is 15.5. The van der Waals surface area contributed by atoms with Crippen molar-refractivity contribution in [1.29, 1.82) is 0 Å². The van der Waals surface area contributed by atoms with Gasteiger partial charge < -0.3 is 14.4 Å². The summed E-state index contributed by atoms with van der Waals surface area (Å²) in [7, 11) is 3.72. The van der Waals surface area contributed by atoms with Gasteiger partial charge in [-0.1, -0.05) is 12.2 Å². The van der Waals surface area contributed by atoms with Crippen molar-refractivity contribution in [1.82, 2.24) is 24.0 Å². The van der Waals surface area contributed by atoms with E-state index in [1.54, 1.807) is 7.05 Å². The Morgan fingerprint density at radius 2 is 1.87 bits per heavy atom. The number of piperazine rings is 1. The second kappa shape index (κ2) is 6.04. The maximum absolute atomic E-state index is 12.3. The molecule has 1 fully saturated rings. The van der Waals surface area contributed by atoms with Crippen molar-refractivity contribution in [2.24, 2.45) is 7.05 Å². The van der Waals surface area contributed by atoms with Crippen LogP contribution in [0.3, 0.4) is 0 Å². The number of allylic oxidation sites excluding steroid dienone is 2. The number of likely N-dealkylation sites (N-methyl/N-ethyl adjacent to an activating group) is 1. The summed E-state index contributed by atoms with van der Waals surface area (Å²) in [4.78, 5) is 35.5. The summed E-state index contributed by atoms with van der Waals surface area (Å²) in [6.45, 7) is 6.08. The molecule has 23 heavy (non-hydrogen) atoms. The fraction of sp³-hybridized carbons (Fsp3) is 0.533. The van der Waals surface area contributed by atoms with Gasteiger partial charge in [0.15, 0.2) is 11.2 Å². The van der Waals surface area contributed by atoms with E-state index in [4.69, 9.17) is 0 Å². The number of rotatable bonds is 3. The van der Waals surface area contributed by atoms with E-state index in [9.17, 15) is 9.59 Å². The van der Waals surface area contributed by atoms with Crippen LogP contribution in [0, 0.1) is 0 Å². The van der Waals surface area contributed by atoms with Gasteiger partial charge in [0.25, 0.3) is 5.56 Å². The molecule has 2 aromatic heterocycles. The molecule has 1 aliphatic rings. The minimum atomic E-state index is -0.442. The van der Waals surface area contributed by atoms with Crippen LogP contribution in [0.2, 0.25) is 0 Å². The predicted octanol–water partition coefficient (Wildman–Crippen LogP) is -0.249. The summed E-state index contributed by atoms with van der Waals surface area (Å²) < 4.78 is 3.28. The van der Waals surface area contributed by atoms with Crippen molar-refractivity contribution in [2.45, 2.75) is 13.5 Å². The van der Waals surface area contributed by atoms with E-state index in [0.717, 1.165) is 32.1 Å². The lowest BCUT2D eigenvalue weighted by Gasteiger charge is -2.33. The molecule has 2 aromatic rings. The van der Waals surface area contributed by atoms with Crippen molar-refractivity contribution in [3.05, 3.63) is 33.0 Å². The largest absolute Gasteiger partial charge is 0.340 e. The van der Waals surface area contributed by atoms with Crippen LogP contribution in [0.5, 0.6) is 0 Å². The standard InChI is InChI=1S/C15H22N6O2/c1-4-5-6-21-11-12(19(3)15(23)17-13(11)22)16-14(21)20-9-7-18(2)8-10-20/h4-5H,6-10H2,1-3H3,(H,17,22,23)/b5-4-. The molecule has 1 aliphatic heterocycles. The zero-order valence-electron chi connectivity index (χ0n) is 13.7. The molecule has 0 bridgehead atoms. The van der Waals surface area contributed by atoms with Crippen LogP contribution in [-0.2, 0) is 13.6 Å². The Labute approximate surface area is 133 Å². The summed E-state index contributed by atoms with van der Waals surface area (Å²) in [5.74, 6) is 0.748. The molecule has 0 aliphatic carbocycles. The lowest BCUT2D eigenvalue weighted by molar-refractivity contribution is 0.310. The Morgan fingerprint density at radius 3 is 2.52 bits per heavy atom. The Bertz CT molecular complexity index is 851. The van der Waals surface area contributed by atoms with Gasteiger partial charge in [-0.05, 0) is 14.0 Å². The molecule has 1 saturated heterocycles. The number of hydrogen-bond acceptors (Lipinski definition) is 5. The number of imidazole rings is 1. The molecular formula is C15H22N6O2. The van der Waals surface area contributed by atoms with Gasteiger partial charge in [-0.2, -0.15) is 4.98 Å². The first-order valence-corrected chi connectivity index (χ1v) is 7.77. The van der Waals surface area contributed by atoms with Crippen LogP contribution in [0.1, 0.15) is 6.92 Å². The van der Waals surface area contributed by atoms with E-state index in [1.165, 1.54) is 4.57 Å². The SMILES string of the molecule is C/C=C\Cn1c(N2CCN(C)CC2)nc2c1c(=O)[nH]c(=O)n2C. The van der Waals surface area contributed by atoms with Crippen molar-refractivity contribution in [2.75, 3.05) is 38.1 Å². The molecule has 0 saturated carbocycles. The number of anilines is 1. The van der Waals surface area contributed by atoms with E-state index in [1.807, 2.05) is 23.6 Å². The lowest BCUT2D eigenvalue weighted by atomic mass is 10.3. The van der Waals surface area contributed by atoms with Gasteiger partial charge in [0, 0.05) is 39.8 Å². The number of fused-ring (bicyclic) bond motifs is 1. The van der Waals surface area contributed by atoms with E-state index in [0.29, 0.717) is 17.7 Å². The zero-order chi connectivity index (χ0) is 16.6. The second-order valence-corrected chi connectivity index (χ2v) is 5.87. The molecule has 0 unspecified atom stereocenters. The van der Waals surface area contributed by atoms with Crippen LogP contribution in [-0.4, -0.2) is 57.2 Å². The molecule has 3 heterocycles. The van der Waals surface area contributed by atoms with Gasteiger partial charge in [-0.3, -0.25) is 14.3 Å². The number of aromatic amines is 1. The van der Waals surface area contributed by atoms with Gasteiger partial charge in [-0.15, -0.1) is 0 Å². The fourth-order valence-electron chi connectivity index (χ4n) is 2.85. The lowest BCUT2D eigenvalue weighted by Crippen LogP contribution is -2.45. The van der Waals surface area contributed by atoms with E-state index >= 15 is 0 Å². The second-order valence-electron chi connectivity index (χ2n) is 5.87. The molecule has 0 amide bonds. The first-order chi connectivity index (χ1) is 11.0. The highest BCUT2D eigenvalue weighted by molar-refractivity contribution is 5.74. The number of H-pyrrole nitrogens is 1. The monoisotopic (exact) mass is 318 g/mol. The van der Waals surface area contributed by atoms with Crippen molar-refractivity contribution < 1.29 is 0 Å². The van der Waals surface area contributed by atoms with Crippen molar-refractivity contribution in [3.8, 4) is 0 Å². The molecule has 0 spiro atoms. The van der Waals surface area contributed by atoms with Crippen LogP contribution in [0.15, 0.2) is 21.7 Å². The van der Waals surface area contributed by atoms with Gasteiger partial charge >= 0.3 is 5.69 Å². The van der Waals surface area contributed by atoms with Gasteiger partial charge in [0.2, 0.25) is 5.95 Å². The summed E-state index contributed by atoms with van der Waals surface area (Å²) in [6.07, 6.45) is 3.92. The Balaban J connectivity index is 2.20. The van der Waals surface area contributed by atoms with E-state index in [-0.39, 0.29) is 5.56 Å². The number of nitrogens with one attached hydrogen (secondary N) is 1. The van der Waals surface area contributed by atoms with Crippen molar-refractivity contribution >= 4 is 17.1 Å². The van der Waals surface area contributed by atoms with Gasteiger partial charge in [-0.25, -0.2) is 4.79 Å². The number of nitrogens with zero attached hydrogens (tertiary/aromatic N) is 5. The van der Waals surface area contributed by atoms with Gasteiger partial charge in [0.1, 0.15) is 0 Å². The zero-order valence-corrected chi connectivity index (χ0v) is 13.7. The third-order valence-electron chi connectivity index (χ3n) is 4.30. The van der Waals surface area contributed by atoms with Crippen LogP contribution in [0.25, 0.3) is 11.2 Å². The highest BCUT2D eigenvalue weighted by atomic mass is 16.2. The number of aromatic nitrogens is 4. The smallest absolute Gasteiger partial charge is 0.329 e. The third kappa shape index (κ3) is 2.70. The Morgan fingerprint density at radius 1 is 1.17 bits per heavy atom. The first-order valence-electron chi connectivity index (χ1n) is 7.77. The summed E-state index contributed by atoms with van der Waals surface area (Å²) >= 11 is 0. The third-order valence-corrected chi connectivity index (χ3v) is 4.30. The van der Waals surface area contributed by atoms with Crippen molar-refractivity contribution in [3.63, 3.8) is 0 Å². The van der Waals surface area contributed by atoms with Gasteiger partial charge in [0.05, 0.1) is 0 Å². The fourth-order valence-corrected chi connectivity index (χ4v) is 2.85. The molecule has 0 atom stereocenters. The Hall–Kier alpha value is -2.35. The quantitative estimate of drug-likeness (QED) is 0.790. The number of aryl methyl sites for hydroxylation is 1. The maximum Gasteiger partial charge on any atom is 0.329 e. The predicted molar refractivity (Wildman–Crippen MR) is 90.1 cm³/mol. The molecule has 8 heteroatoms. The van der Waals surface area contributed by atoms with E-state index < -0.39 is 5.69 Å². The minimum absolute atomic E-state index is 0.388. The highest BCUT2D eigenvalue weighted by Crippen LogP contribution is 2.20. The maximum atomic E-state index is 12.3. The topological polar surface area (TPSA) is 79.2 Å². The average Bonchev–Trinajstić information content (AvgIpc) is 2.91. The van der Waals surface area contributed by atoms with Crippen LogP contribution < -0.4 is 16.1 Å². The van der Waals surface area contributed by atoms with Crippen LogP contribution in [0.4, 0.5) is 5.95 Å². The average molecular weight is 318 g/mol. The number of hydrogen-bond donors (Lipinski definition) is 1. The summed E-state index contributed by atoms with van der Waals surface area (Å²) in [5, 5.41) is 0. The Kier molecular flexibility index (Phi) is 4.08. The molecule has 8 nitrogen and oxygen atoms in total. The summed E-state index contributed by atoms with van der Waals surface area (Å²) in [5.41, 5.74) is 0.0416. The highest BCUT2D eigenvalue weighted by Gasteiger charge is 2.23. The molecule has 0 aromatic carbocycles. The normalized spacial score (nSPS) is 16.7. The molecule has 124 valence electrons. The van der Waals surface area contributed by atoms with E-state index in [2.05, 4.69) is 26.8 Å². The minimum Gasteiger partial charge on any atom is -0.340 e. The molecule has 1 N–H and O–H groups in total. The molecular weight excluding hydrogens is 296 g/mol. The van der Waals surface area contributed by atoms with Crippen LogP contribution >= 0.6 is 0 Å².